The lowest BCUT2D eigenvalue weighted by Crippen LogP contribution is -2.29. The van der Waals surface area contributed by atoms with Crippen LogP contribution in [0.15, 0.2) is 42.7 Å². The highest BCUT2D eigenvalue weighted by Crippen LogP contribution is 2.30. The van der Waals surface area contributed by atoms with E-state index in [0.29, 0.717) is 6.54 Å². The molecule has 0 aliphatic carbocycles. The van der Waals surface area contributed by atoms with Crippen molar-refractivity contribution in [3.05, 3.63) is 48.4 Å². The number of amides is 1. The fraction of sp³-hybridized carbons (Fsp3) is 0.333. The van der Waals surface area contributed by atoms with Crippen molar-refractivity contribution in [1.29, 1.82) is 0 Å². The van der Waals surface area contributed by atoms with Gasteiger partial charge in [0.1, 0.15) is 11.5 Å². The molecule has 2 N–H and O–H groups in total. The lowest BCUT2D eigenvalue weighted by atomic mass is 9.97. The molecule has 1 amide bonds. The number of methoxy groups -OCH3 is 1. The summed E-state index contributed by atoms with van der Waals surface area (Å²) >= 11 is 0. The SMILES string of the molecule is COC(=O)N(c1ccccn1)c1nc(NCC(C)(C)C)nc(Nc2ccnc(C(F)(F)F)c2)n1. The quantitative estimate of drug-likeness (QED) is 0.518. The molecule has 0 aromatic carbocycles. The van der Waals surface area contributed by atoms with Gasteiger partial charge in [-0.2, -0.15) is 33.0 Å². The van der Waals surface area contributed by atoms with E-state index in [0.717, 1.165) is 17.2 Å². The Hall–Kier alpha value is -4.03. The molecule has 0 aliphatic heterocycles. The molecule has 0 saturated heterocycles. The van der Waals surface area contributed by atoms with Crippen LogP contribution in [0.4, 0.5) is 47.3 Å². The largest absolute Gasteiger partial charge is 0.452 e. The first-order valence-electron chi connectivity index (χ1n) is 10.1. The summed E-state index contributed by atoms with van der Waals surface area (Å²) in [5.41, 5.74) is -1.18. The van der Waals surface area contributed by atoms with Gasteiger partial charge in [-0.3, -0.25) is 4.98 Å². The van der Waals surface area contributed by atoms with E-state index in [2.05, 4.69) is 35.6 Å². The Morgan fingerprint density at radius 3 is 2.38 bits per heavy atom. The van der Waals surface area contributed by atoms with Crippen LogP contribution in [0.1, 0.15) is 26.5 Å². The number of ether oxygens (including phenoxy) is 1. The first kappa shape index (κ1) is 24.6. The van der Waals surface area contributed by atoms with E-state index in [4.69, 9.17) is 4.74 Å². The van der Waals surface area contributed by atoms with E-state index in [1.54, 1.807) is 18.2 Å². The minimum Gasteiger partial charge on any atom is -0.452 e. The van der Waals surface area contributed by atoms with Crippen molar-refractivity contribution in [1.82, 2.24) is 24.9 Å². The Morgan fingerprint density at radius 1 is 1.03 bits per heavy atom. The van der Waals surface area contributed by atoms with E-state index in [-0.39, 0.29) is 34.8 Å². The zero-order valence-electron chi connectivity index (χ0n) is 18.9. The van der Waals surface area contributed by atoms with E-state index in [1.165, 1.54) is 19.4 Å². The van der Waals surface area contributed by atoms with Gasteiger partial charge in [0, 0.05) is 24.6 Å². The van der Waals surface area contributed by atoms with Gasteiger partial charge < -0.3 is 15.4 Å². The summed E-state index contributed by atoms with van der Waals surface area (Å²) in [4.78, 5) is 33.8. The lowest BCUT2D eigenvalue weighted by Gasteiger charge is -2.21. The summed E-state index contributed by atoms with van der Waals surface area (Å²) in [5, 5.41) is 5.77. The van der Waals surface area contributed by atoms with Crippen molar-refractivity contribution in [3.63, 3.8) is 0 Å². The van der Waals surface area contributed by atoms with Crippen LogP contribution >= 0.6 is 0 Å². The molecule has 3 aromatic rings. The van der Waals surface area contributed by atoms with Crippen LogP contribution in [-0.4, -0.2) is 44.7 Å². The van der Waals surface area contributed by atoms with Crippen molar-refractivity contribution in [2.45, 2.75) is 26.9 Å². The molecule has 3 aromatic heterocycles. The summed E-state index contributed by atoms with van der Waals surface area (Å²) in [6.07, 6.45) is -2.95. The minimum absolute atomic E-state index is 0.0451. The molecule has 0 unspecified atom stereocenters. The van der Waals surface area contributed by atoms with Crippen molar-refractivity contribution < 1.29 is 22.7 Å². The smallest absolute Gasteiger partial charge is 0.433 e. The maximum atomic E-state index is 13.1. The Kier molecular flexibility index (Phi) is 7.13. The molecular formula is C21H23F3N8O2. The molecule has 180 valence electrons. The van der Waals surface area contributed by atoms with Crippen molar-refractivity contribution >= 4 is 35.4 Å². The number of halogens is 3. The molecule has 0 spiro atoms. The van der Waals surface area contributed by atoms with Gasteiger partial charge in [0.25, 0.3) is 0 Å². The predicted octanol–water partition coefficient (Wildman–Crippen LogP) is 4.79. The zero-order valence-corrected chi connectivity index (χ0v) is 18.9. The number of pyridine rings is 2. The number of hydrogen-bond donors (Lipinski definition) is 2. The van der Waals surface area contributed by atoms with Gasteiger partial charge in [-0.05, 0) is 29.7 Å². The van der Waals surface area contributed by atoms with Crippen molar-refractivity contribution in [2.24, 2.45) is 5.41 Å². The van der Waals surface area contributed by atoms with Crippen LogP contribution in [0, 0.1) is 5.41 Å². The maximum absolute atomic E-state index is 13.1. The molecule has 34 heavy (non-hydrogen) atoms. The monoisotopic (exact) mass is 476 g/mol. The van der Waals surface area contributed by atoms with Crippen LogP contribution in [0.5, 0.6) is 0 Å². The fourth-order valence-corrected chi connectivity index (χ4v) is 2.59. The molecule has 0 bridgehead atoms. The number of aromatic nitrogens is 5. The third kappa shape index (κ3) is 6.49. The molecule has 3 heterocycles. The second-order valence-electron chi connectivity index (χ2n) is 8.24. The molecule has 3 rings (SSSR count). The highest BCUT2D eigenvalue weighted by Gasteiger charge is 2.32. The van der Waals surface area contributed by atoms with Gasteiger partial charge in [-0.25, -0.2) is 9.78 Å². The van der Waals surface area contributed by atoms with Gasteiger partial charge in [-0.1, -0.05) is 26.8 Å². The summed E-state index contributed by atoms with van der Waals surface area (Å²) < 4.78 is 44.0. The molecule has 13 heteroatoms. The standard InChI is InChI=1S/C21H23F3N8O2/c1-20(2,3)12-27-16-29-17(28-13-8-10-25-14(11-13)21(22,23)24)31-18(30-16)32(19(33)34-4)15-7-5-6-9-26-15/h5-11H,12H2,1-4H3,(H2,25,27,28,29,30,31). The Bertz CT molecular complexity index is 1140. The minimum atomic E-state index is -4.62. The number of hydrogen-bond acceptors (Lipinski definition) is 9. The van der Waals surface area contributed by atoms with Gasteiger partial charge >= 0.3 is 12.3 Å². The normalized spacial score (nSPS) is 11.6. The molecule has 0 saturated carbocycles. The maximum Gasteiger partial charge on any atom is 0.433 e. The van der Waals surface area contributed by atoms with Gasteiger partial charge in [0.05, 0.1) is 7.11 Å². The zero-order chi connectivity index (χ0) is 24.9. The average Bonchev–Trinajstić information content (AvgIpc) is 2.77. The van der Waals surface area contributed by atoms with Crippen LogP contribution in [0.2, 0.25) is 0 Å². The van der Waals surface area contributed by atoms with E-state index in [1.807, 2.05) is 20.8 Å². The molecule has 0 fully saturated rings. The molecule has 10 nitrogen and oxygen atoms in total. The van der Waals surface area contributed by atoms with Crippen LogP contribution in [0.25, 0.3) is 0 Å². The van der Waals surface area contributed by atoms with Gasteiger partial charge in [0.2, 0.25) is 17.8 Å². The number of alkyl halides is 3. The fourth-order valence-electron chi connectivity index (χ4n) is 2.59. The molecule has 0 radical (unpaired) electrons. The average molecular weight is 476 g/mol. The highest BCUT2D eigenvalue weighted by molar-refractivity contribution is 5.93. The van der Waals surface area contributed by atoms with Crippen LogP contribution in [-0.2, 0) is 10.9 Å². The number of nitrogens with zero attached hydrogens (tertiary/aromatic N) is 6. The topological polar surface area (TPSA) is 118 Å². The second-order valence-corrected chi connectivity index (χ2v) is 8.24. The van der Waals surface area contributed by atoms with E-state index < -0.39 is 18.0 Å². The van der Waals surface area contributed by atoms with Crippen LogP contribution < -0.4 is 15.5 Å². The third-order valence-corrected chi connectivity index (χ3v) is 4.14. The van der Waals surface area contributed by atoms with Gasteiger partial charge in [-0.15, -0.1) is 0 Å². The molecular weight excluding hydrogens is 453 g/mol. The number of carbonyl (C=O) groups is 1. The predicted molar refractivity (Wildman–Crippen MR) is 119 cm³/mol. The number of carbonyl (C=O) groups excluding carboxylic acids is 1. The summed E-state index contributed by atoms with van der Waals surface area (Å²) in [5.74, 6) is 0.0176. The Morgan fingerprint density at radius 2 is 1.76 bits per heavy atom. The molecule has 0 aliphatic rings. The van der Waals surface area contributed by atoms with E-state index in [9.17, 15) is 18.0 Å². The Labute approximate surface area is 193 Å². The Balaban J connectivity index is 2.05. The second kappa shape index (κ2) is 9.85. The first-order chi connectivity index (χ1) is 16.0. The molecule has 0 atom stereocenters. The lowest BCUT2D eigenvalue weighted by molar-refractivity contribution is -0.141. The number of anilines is 5. The third-order valence-electron chi connectivity index (χ3n) is 4.14. The number of rotatable bonds is 6. The van der Waals surface area contributed by atoms with E-state index >= 15 is 0 Å². The van der Waals surface area contributed by atoms with Crippen molar-refractivity contribution in [2.75, 3.05) is 29.2 Å². The first-order valence-corrected chi connectivity index (χ1v) is 10.1. The number of nitrogens with one attached hydrogen (secondary N) is 2. The van der Waals surface area contributed by atoms with Crippen LogP contribution in [0.3, 0.4) is 0 Å². The summed E-state index contributed by atoms with van der Waals surface area (Å²) in [6, 6.07) is 7.03. The van der Waals surface area contributed by atoms with Crippen molar-refractivity contribution in [3.8, 4) is 0 Å². The van der Waals surface area contributed by atoms with Gasteiger partial charge in [0.15, 0.2) is 0 Å². The summed E-state index contributed by atoms with van der Waals surface area (Å²) in [6.45, 7) is 6.44. The summed E-state index contributed by atoms with van der Waals surface area (Å²) in [7, 11) is 1.19. The highest BCUT2D eigenvalue weighted by atomic mass is 19.4.